The summed E-state index contributed by atoms with van der Waals surface area (Å²) < 4.78 is 19.8. The Morgan fingerprint density at radius 2 is 1.84 bits per heavy atom. The molecular formula is C27H29FN8O. The van der Waals surface area contributed by atoms with Crippen LogP contribution in [0.25, 0.3) is 28.3 Å². The number of pyridine rings is 1. The number of nitrogens with zero attached hydrogens (tertiary/aromatic N) is 7. The smallest absolute Gasteiger partial charge is 0.331 e. The molecule has 0 unspecified atom stereocenters. The van der Waals surface area contributed by atoms with Crippen molar-refractivity contribution in [3.05, 3.63) is 88.7 Å². The van der Waals surface area contributed by atoms with Crippen molar-refractivity contribution < 1.29 is 4.39 Å². The van der Waals surface area contributed by atoms with E-state index < -0.39 is 5.82 Å². The van der Waals surface area contributed by atoms with Crippen LogP contribution in [0.3, 0.4) is 0 Å². The van der Waals surface area contributed by atoms with E-state index in [9.17, 15) is 9.18 Å². The predicted octanol–water partition coefficient (Wildman–Crippen LogP) is 4.62. The zero-order chi connectivity index (χ0) is 25.8. The van der Waals surface area contributed by atoms with E-state index in [-0.39, 0.29) is 11.5 Å². The van der Waals surface area contributed by atoms with Crippen LogP contribution in [-0.2, 0) is 19.5 Å². The molecule has 0 radical (unpaired) electrons. The average molecular weight is 501 g/mol. The minimum atomic E-state index is -0.404. The molecule has 0 atom stereocenters. The first kappa shape index (κ1) is 24.4. The number of halogens is 1. The van der Waals surface area contributed by atoms with Crippen LogP contribution in [0.4, 0.5) is 4.39 Å². The lowest BCUT2D eigenvalue weighted by Gasteiger charge is -2.12. The van der Waals surface area contributed by atoms with Gasteiger partial charge in [-0.05, 0) is 53.3 Å². The fraction of sp³-hybridized carbons (Fsp3) is 0.296. The second kappa shape index (κ2) is 10.7. The van der Waals surface area contributed by atoms with E-state index in [1.165, 1.54) is 10.6 Å². The molecule has 0 saturated carbocycles. The van der Waals surface area contributed by atoms with Crippen molar-refractivity contribution in [2.75, 3.05) is 0 Å². The minimum absolute atomic E-state index is 0.261. The third kappa shape index (κ3) is 4.87. The predicted molar refractivity (Wildman–Crippen MR) is 139 cm³/mol. The quantitative estimate of drug-likeness (QED) is 0.302. The van der Waals surface area contributed by atoms with E-state index in [1.54, 1.807) is 33.9 Å². The summed E-state index contributed by atoms with van der Waals surface area (Å²) in [5, 5.41) is 14.1. The van der Waals surface area contributed by atoms with Crippen LogP contribution in [0, 0.1) is 5.82 Å². The zero-order valence-corrected chi connectivity index (χ0v) is 20.9. The van der Waals surface area contributed by atoms with Crippen molar-refractivity contribution in [2.24, 2.45) is 0 Å². The molecule has 0 spiro atoms. The van der Waals surface area contributed by atoms with E-state index >= 15 is 0 Å². The molecule has 10 heteroatoms. The number of tetrazole rings is 1. The average Bonchev–Trinajstić information content (AvgIpc) is 3.65. The van der Waals surface area contributed by atoms with Gasteiger partial charge in [0.25, 0.3) is 0 Å². The van der Waals surface area contributed by atoms with E-state index in [0.29, 0.717) is 18.9 Å². The number of imidazole rings is 1. The molecule has 1 aromatic carbocycles. The van der Waals surface area contributed by atoms with E-state index in [4.69, 9.17) is 0 Å². The number of aromatic nitrogens is 8. The van der Waals surface area contributed by atoms with Crippen LogP contribution in [0.15, 0.2) is 66.0 Å². The Labute approximate surface area is 213 Å². The Morgan fingerprint density at radius 3 is 2.57 bits per heavy atom. The minimum Gasteiger partial charge on any atom is -0.331 e. The number of rotatable bonds is 10. The van der Waals surface area contributed by atoms with Crippen molar-refractivity contribution >= 4 is 0 Å². The number of benzene rings is 1. The van der Waals surface area contributed by atoms with Gasteiger partial charge in [0.05, 0.1) is 6.54 Å². The molecule has 0 aliphatic heterocycles. The Hall–Kier alpha value is -4.34. The van der Waals surface area contributed by atoms with Crippen molar-refractivity contribution in [1.82, 2.24) is 39.3 Å². The molecule has 190 valence electrons. The van der Waals surface area contributed by atoms with Gasteiger partial charge in [-0.1, -0.05) is 44.5 Å². The van der Waals surface area contributed by atoms with Gasteiger partial charge in [-0.15, -0.1) is 10.2 Å². The fourth-order valence-corrected chi connectivity index (χ4v) is 4.61. The van der Waals surface area contributed by atoms with Gasteiger partial charge in [0.1, 0.15) is 0 Å². The highest BCUT2D eigenvalue weighted by molar-refractivity contribution is 5.69. The monoisotopic (exact) mass is 500 g/mol. The molecule has 4 heterocycles. The van der Waals surface area contributed by atoms with Gasteiger partial charge in [0.15, 0.2) is 11.6 Å². The number of aromatic amines is 1. The van der Waals surface area contributed by atoms with Crippen molar-refractivity contribution in [3.8, 4) is 28.3 Å². The number of aryl methyl sites for hydroxylation is 2. The van der Waals surface area contributed by atoms with Crippen molar-refractivity contribution in [1.29, 1.82) is 0 Å². The summed E-state index contributed by atoms with van der Waals surface area (Å²) in [5.74, 6) is 0.403. The molecule has 5 aromatic rings. The highest BCUT2D eigenvalue weighted by Gasteiger charge is 2.19. The molecule has 0 aliphatic rings. The van der Waals surface area contributed by atoms with E-state index in [2.05, 4.69) is 32.5 Å². The van der Waals surface area contributed by atoms with E-state index in [0.717, 1.165) is 53.6 Å². The lowest BCUT2D eigenvalue weighted by atomic mass is 10.00. The molecule has 0 amide bonds. The summed E-state index contributed by atoms with van der Waals surface area (Å²) in [6, 6.07) is 11.2. The Balaban J connectivity index is 1.54. The Bertz CT molecular complexity index is 1530. The summed E-state index contributed by atoms with van der Waals surface area (Å²) in [7, 11) is 0. The van der Waals surface area contributed by atoms with Crippen molar-refractivity contribution in [2.45, 2.75) is 52.6 Å². The molecule has 0 fully saturated rings. The highest BCUT2D eigenvalue weighted by atomic mass is 19.1. The molecule has 0 aliphatic carbocycles. The lowest BCUT2D eigenvalue weighted by Crippen LogP contribution is -2.26. The number of unbranched alkanes of at least 4 members (excludes halogenated alkanes) is 1. The highest BCUT2D eigenvalue weighted by Crippen LogP contribution is 2.26. The summed E-state index contributed by atoms with van der Waals surface area (Å²) in [4.78, 5) is 18.0. The fourth-order valence-electron chi connectivity index (χ4n) is 4.61. The largest absolute Gasteiger partial charge is 0.334 e. The topological polar surface area (TPSA) is 99.2 Å². The first-order valence-corrected chi connectivity index (χ1v) is 12.5. The maximum atomic E-state index is 14.8. The first-order valence-electron chi connectivity index (χ1n) is 12.5. The number of H-pyrrole nitrogens is 1. The third-order valence-electron chi connectivity index (χ3n) is 6.46. The molecule has 5 rings (SSSR count). The number of hydrogen-bond donors (Lipinski definition) is 1. The molecule has 0 bridgehead atoms. The van der Waals surface area contributed by atoms with Gasteiger partial charge in [-0.25, -0.2) is 9.18 Å². The van der Waals surface area contributed by atoms with Crippen LogP contribution in [0.1, 0.15) is 44.4 Å². The SMILES string of the molecule is CCCCc1cn(-c2c(F)ccn2CCC)c(=O)n1Cc1cnccc1-c1ccc(-c2nn[nH]n2)cc1. The van der Waals surface area contributed by atoms with Gasteiger partial charge >= 0.3 is 5.69 Å². The maximum Gasteiger partial charge on any atom is 0.334 e. The number of nitrogens with one attached hydrogen (secondary N) is 1. The van der Waals surface area contributed by atoms with E-state index in [1.807, 2.05) is 37.3 Å². The summed E-state index contributed by atoms with van der Waals surface area (Å²) in [5.41, 5.74) is 4.31. The second-order valence-electron chi connectivity index (χ2n) is 8.99. The normalized spacial score (nSPS) is 11.3. The second-order valence-corrected chi connectivity index (χ2v) is 8.99. The van der Waals surface area contributed by atoms with Crippen LogP contribution in [0.2, 0.25) is 0 Å². The lowest BCUT2D eigenvalue weighted by molar-refractivity contribution is 0.584. The van der Waals surface area contributed by atoms with Gasteiger partial charge in [0.2, 0.25) is 5.82 Å². The molecular weight excluding hydrogens is 471 g/mol. The molecule has 1 N–H and O–H groups in total. The molecule has 4 aromatic heterocycles. The summed E-state index contributed by atoms with van der Waals surface area (Å²) >= 11 is 0. The molecule has 37 heavy (non-hydrogen) atoms. The van der Waals surface area contributed by atoms with Crippen LogP contribution >= 0.6 is 0 Å². The van der Waals surface area contributed by atoms with Gasteiger partial charge in [0, 0.05) is 42.6 Å². The van der Waals surface area contributed by atoms with Crippen molar-refractivity contribution in [3.63, 3.8) is 0 Å². The zero-order valence-electron chi connectivity index (χ0n) is 20.9. The van der Waals surface area contributed by atoms with Crippen LogP contribution < -0.4 is 5.69 Å². The van der Waals surface area contributed by atoms with Crippen LogP contribution in [-0.4, -0.2) is 39.3 Å². The van der Waals surface area contributed by atoms with Crippen LogP contribution in [0.5, 0.6) is 0 Å². The summed E-state index contributed by atoms with van der Waals surface area (Å²) in [6.45, 7) is 5.11. The number of hydrogen-bond acceptors (Lipinski definition) is 5. The maximum absolute atomic E-state index is 14.8. The van der Waals surface area contributed by atoms with Gasteiger partial charge in [-0.2, -0.15) is 5.21 Å². The molecule has 9 nitrogen and oxygen atoms in total. The van der Waals surface area contributed by atoms with Gasteiger partial charge < -0.3 is 4.57 Å². The summed E-state index contributed by atoms with van der Waals surface area (Å²) in [6.07, 6.45) is 10.5. The molecule has 0 saturated heterocycles. The first-order chi connectivity index (χ1) is 18.1. The standard InChI is InChI=1S/C27H29FN8O/c1-3-5-6-22-18-36(26-24(28)12-15-34(26)14-4-2)27(37)35(22)17-21-16-29-13-11-23(21)19-7-9-20(10-8-19)25-30-32-33-31-25/h7-13,15-16,18H,3-6,14,17H2,1-2H3,(H,30,31,32,33). The van der Waals surface area contributed by atoms with Gasteiger partial charge in [-0.3, -0.25) is 14.1 Å². The third-order valence-corrected chi connectivity index (χ3v) is 6.46. The Morgan fingerprint density at radius 1 is 1.03 bits per heavy atom. The Kier molecular flexibility index (Phi) is 7.07.